The van der Waals surface area contributed by atoms with E-state index in [2.05, 4.69) is 15.9 Å². The lowest BCUT2D eigenvalue weighted by molar-refractivity contribution is 0.179. The van der Waals surface area contributed by atoms with Crippen molar-refractivity contribution in [3.8, 4) is 11.5 Å². The molecule has 2 aromatic rings. The lowest BCUT2D eigenvalue weighted by Crippen LogP contribution is -2.02. The zero-order valence-corrected chi connectivity index (χ0v) is 14.3. The fourth-order valence-corrected chi connectivity index (χ4v) is 3.98. The predicted octanol–water partition coefficient (Wildman–Crippen LogP) is 4.60. The van der Waals surface area contributed by atoms with Crippen LogP contribution in [-0.4, -0.2) is 18.3 Å². The summed E-state index contributed by atoms with van der Waals surface area (Å²) in [6, 6.07) is 5.58. The van der Waals surface area contributed by atoms with Gasteiger partial charge in [0.2, 0.25) is 0 Å². The molecule has 0 fully saturated rings. The van der Waals surface area contributed by atoms with Crippen LogP contribution in [0.2, 0.25) is 5.02 Å². The summed E-state index contributed by atoms with van der Waals surface area (Å²) < 4.78 is 12.3. The number of halogens is 2. The van der Waals surface area contributed by atoms with Crippen LogP contribution in [0.15, 0.2) is 28.1 Å². The van der Waals surface area contributed by atoms with E-state index in [-0.39, 0.29) is 0 Å². The van der Waals surface area contributed by atoms with Gasteiger partial charge in [0, 0.05) is 27.6 Å². The first-order valence-electron chi connectivity index (χ1n) is 6.63. The first-order chi connectivity index (χ1) is 10.1. The highest BCUT2D eigenvalue weighted by Gasteiger charge is 2.19. The summed E-state index contributed by atoms with van der Waals surface area (Å²) >= 11 is 11.3. The van der Waals surface area contributed by atoms with Crippen molar-refractivity contribution in [2.45, 2.75) is 18.9 Å². The summed E-state index contributed by atoms with van der Waals surface area (Å²) in [5.41, 5.74) is 0.744. The molecule has 6 heteroatoms. The summed E-state index contributed by atoms with van der Waals surface area (Å²) in [6.45, 7) is 1.19. The Kier molecular flexibility index (Phi) is 4.74. The van der Waals surface area contributed by atoms with Gasteiger partial charge in [-0.2, -0.15) is 0 Å². The molecular formula is C15H14BrClO3S. The van der Waals surface area contributed by atoms with Crippen LogP contribution in [0, 0.1) is 0 Å². The third-order valence-corrected chi connectivity index (χ3v) is 5.23. The van der Waals surface area contributed by atoms with Crippen molar-refractivity contribution < 1.29 is 14.6 Å². The Labute approximate surface area is 140 Å². The van der Waals surface area contributed by atoms with E-state index in [1.54, 1.807) is 17.4 Å². The zero-order valence-electron chi connectivity index (χ0n) is 11.1. The second-order valence-electron chi connectivity index (χ2n) is 4.83. The number of aliphatic hydroxyl groups is 1. The van der Waals surface area contributed by atoms with Gasteiger partial charge >= 0.3 is 0 Å². The van der Waals surface area contributed by atoms with Gasteiger partial charge in [0.15, 0.2) is 11.5 Å². The lowest BCUT2D eigenvalue weighted by atomic mass is 10.1. The number of aliphatic hydroxyl groups excluding tert-OH is 1. The van der Waals surface area contributed by atoms with Crippen LogP contribution in [0.1, 0.15) is 23.0 Å². The average Bonchev–Trinajstić information content (AvgIpc) is 2.72. The molecular weight excluding hydrogens is 376 g/mol. The quantitative estimate of drug-likeness (QED) is 0.833. The molecule has 0 amide bonds. The lowest BCUT2D eigenvalue weighted by Gasteiger charge is -2.15. The minimum absolute atomic E-state index is 0.482. The molecule has 3 rings (SSSR count). The summed E-state index contributed by atoms with van der Waals surface area (Å²) in [4.78, 5) is 1.11. The Bertz CT molecular complexity index is 644. The van der Waals surface area contributed by atoms with E-state index in [1.165, 1.54) is 0 Å². The molecule has 0 radical (unpaired) electrons. The third-order valence-electron chi connectivity index (χ3n) is 3.23. The van der Waals surface area contributed by atoms with Crippen LogP contribution in [0.25, 0.3) is 0 Å². The van der Waals surface area contributed by atoms with Crippen molar-refractivity contribution in [2.24, 2.45) is 0 Å². The number of ether oxygens (including phenoxy) is 2. The number of hydrogen-bond acceptors (Lipinski definition) is 4. The van der Waals surface area contributed by atoms with Gasteiger partial charge in [-0.3, -0.25) is 0 Å². The molecule has 0 spiro atoms. The SMILES string of the molecule is OC(Cc1cc(Br)cs1)c1cc(Cl)c2c(c1)OCCCO2. The molecule has 0 saturated carbocycles. The summed E-state index contributed by atoms with van der Waals surface area (Å²) in [6.07, 6.45) is 0.753. The normalized spacial score (nSPS) is 15.6. The average molecular weight is 390 g/mol. The van der Waals surface area contributed by atoms with Crippen LogP contribution in [0.3, 0.4) is 0 Å². The number of hydrogen-bond donors (Lipinski definition) is 1. The second kappa shape index (κ2) is 6.57. The van der Waals surface area contributed by atoms with E-state index in [4.69, 9.17) is 21.1 Å². The minimum Gasteiger partial charge on any atom is -0.489 e. The van der Waals surface area contributed by atoms with Crippen LogP contribution in [0.4, 0.5) is 0 Å². The molecule has 1 aliphatic heterocycles. The van der Waals surface area contributed by atoms with Crippen LogP contribution >= 0.6 is 38.9 Å². The fourth-order valence-electron chi connectivity index (χ4n) is 2.21. The van der Waals surface area contributed by atoms with Crippen molar-refractivity contribution >= 4 is 38.9 Å². The van der Waals surface area contributed by atoms with Gasteiger partial charge in [0.05, 0.1) is 24.3 Å². The molecule has 112 valence electrons. The maximum Gasteiger partial charge on any atom is 0.179 e. The fraction of sp³-hybridized carbons (Fsp3) is 0.333. The maximum absolute atomic E-state index is 10.4. The minimum atomic E-state index is -0.620. The topological polar surface area (TPSA) is 38.7 Å². The van der Waals surface area contributed by atoms with E-state index >= 15 is 0 Å². The second-order valence-corrected chi connectivity index (χ2v) is 7.15. The molecule has 21 heavy (non-hydrogen) atoms. The Morgan fingerprint density at radius 1 is 1.29 bits per heavy atom. The van der Waals surface area contributed by atoms with Crippen molar-refractivity contribution in [3.63, 3.8) is 0 Å². The van der Waals surface area contributed by atoms with E-state index in [0.717, 1.165) is 21.3 Å². The monoisotopic (exact) mass is 388 g/mol. The molecule has 2 heterocycles. The van der Waals surface area contributed by atoms with Crippen LogP contribution in [-0.2, 0) is 6.42 Å². The van der Waals surface area contributed by atoms with E-state index in [1.807, 2.05) is 17.5 Å². The Balaban J connectivity index is 1.84. The largest absolute Gasteiger partial charge is 0.489 e. The van der Waals surface area contributed by atoms with Gasteiger partial charge in [0.1, 0.15) is 0 Å². The molecule has 1 atom stereocenters. The molecule has 3 nitrogen and oxygen atoms in total. The predicted molar refractivity (Wildman–Crippen MR) is 87.7 cm³/mol. The van der Waals surface area contributed by atoms with E-state index in [9.17, 15) is 5.11 Å². The van der Waals surface area contributed by atoms with Gasteiger partial charge in [-0.05, 0) is 39.7 Å². The van der Waals surface area contributed by atoms with Gasteiger partial charge in [-0.15, -0.1) is 11.3 Å². The van der Waals surface area contributed by atoms with Crippen LogP contribution in [0.5, 0.6) is 11.5 Å². The molecule has 1 N–H and O–H groups in total. The summed E-state index contributed by atoms with van der Waals surface area (Å²) in [5.74, 6) is 1.19. The van der Waals surface area contributed by atoms with Crippen molar-refractivity contribution in [2.75, 3.05) is 13.2 Å². The maximum atomic E-state index is 10.4. The molecule has 1 aliphatic rings. The highest BCUT2D eigenvalue weighted by Crippen LogP contribution is 2.40. The highest BCUT2D eigenvalue weighted by molar-refractivity contribution is 9.10. The molecule has 0 aliphatic carbocycles. The molecule has 0 saturated heterocycles. The zero-order chi connectivity index (χ0) is 14.8. The Morgan fingerprint density at radius 3 is 2.86 bits per heavy atom. The van der Waals surface area contributed by atoms with Crippen molar-refractivity contribution in [1.29, 1.82) is 0 Å². The Morgan fingerprint density at radius 2 is 2.10 bits per heavy atom. The van der Waals surface area contributed by atoms with Crippen LogP contribution < -0.4 is 9.47 Å². The van der Waals surface area contributed by atoms with Gasteiger partial charge in [0.25, 0.3) is 0 Å². The van der Waals surface area contributed by atoms with E-state index in [0.29, 0.717) is 36.2 Å². The summed E-state index contributed by atoms with van der Waals surface area (Å²) in [7, 11) is 0. The van der Waals surface area contributed by atoms with E-state index < -0.39 is 6.10 Å². The molecule has 1 unspecified atom stereocenters. The number of thiophene rings is 1. The molecule has 1 aromatic heterocycles. The summed E-state index contributed by atoms with van der Waals surface area (Å²) in [5, 5.41) is 12.9. The first-order valence-corrected chi connectivity index (χ1v) is 8.68. The number of rotatable bonds is 3. The number of fused-ring (bicyclic) bond motifs is 1. The number of benzene rings is 1. The van der Waals surface area contributed by atoms with Gasteiger partial charge < -0.3 is 14.6 Å². The first kappa shape index (κ1) is 15.2. The van der Waals surface area contributed by atoms with Crippen molar-refractivity contribution in [1.82, 2.24) is 0 Å². The highest BCUT2D eigenvalue weighted by atomic mass is 79.9. The molecule has 1 aromatic carbocycles. The standard InChI is InChI=1S/C15H14BrClO3S/c16-10-6-11(21-8-10)7-13(18)9-4-12(17)15-14(5-9)19-2-1-3-20-15/h4-6,8,13,18H,1-3,7H2. The molecule has 0 bridgehead atoms. The van der Waals surface area contributed by atoms with Crippen molar-refractivity contribution in [3.05, 3.63) is 43.5 Å². The Hall–Kier alpha value is -0.750. The van der Waals surface area contributed by atoms with Gasteiger partial charge in [-0.1, -0.05) is 11.6 Å². The van der Waals surface area contributed by atoms with Gasteiger partial charge in [-0.25, -0.2) is 0 Å². The third kappa shape index (κ3) is 3.54. The smallest absolute Gasteiger partial charge is 0.179 e.